The fraction of sp³-hybridized carbons (Fsp3) is 0.353. The molecule has 0 radical (unpaired) electrons. The lowest BCUT2D eigenvalue weighted by Crippen LogP contribution is -2.24. The van der Waals surface area contributed by atoms with Gasteiger partial charge in [0.2, 0.25) is 0 Å². The van der Waals surface area contributed by atoms with E-state index in [1.807, 2.05) is 24.4 Å². The molecule has 0 fully saturated rings. The Morgan fingerprint density at radius 3 is 2.60 bits per heavy atom. The number of ether oxygens (including phenoxy) is 1. The minimum Gasteiger partial charge on any atom is -0.497 e. The van der Waals surface area contributed by atoms with Crippen LogP contribution in [0.2, 0.25) is 0 Å². The Morgan fingerprint density at radius 2 is 1.95 bits per heavy atom. The molecule has 0 saturated carbocycles. The Kier molecular flexibility index (Phi) is 5.13. The molecule has 0 aliphatic carbocycles. The predicted octanol–water partition coefficient (Wildman–Crippen LogP) is 2.90. The van der Waals surface area contributed by atoms with E-state index in [-0.39, 0.29) is 6.04 Å². The number of aryl methyl sites for hydroxylation is 2. The number of hydrogen-bond acceptors (Lipinski definition) is 3. The molecule has 3 nitrogen and oxygen atoms in total. The predicted molar refractivity (Wildman–Crippen MR) is 82.0 cm³/mol. The molecule has 1 aromatic heterocycles. The van der Waals surface area contributed by atoms with Crippen LogP contribution in [0.4, 0.5) is 0 Å². The molecule has 0 spiro atoms. The lowest BCUT2D eigenvalue weighted by molar-refractivity contribution is 0.414. The average Bonchev–Trinajstić information content (AvgIpc) is 2.48. The van der Waals surface area contributed by atoms with E-state index in [2.05, 4.69) is 30.1 Å². The van der Waals surface area contributed by atoms with E-state index >= 15 is 0 Å². The van der Waals surface area contributed by atoms with Gasteiger partial charge in [-0.3, -0.25) is 4.98 Å². The van der Waals surface area contributed by atoms with Gasteiger partial charge < -0.3 is 10.5 Å². The van der Waals surface area contributed by atoms with Crippen LogP contribution in [0.5, 0.6) is 5.75 Å². The highest BCUT2D eigenvalue weighted by atomic mass is 16.5. The molecule has 0 amide bonds. The number of benzene rings is 1. The quantitative estimate of drug-likeness (QED) is 0.878. The third kappa shape index (κ3) is 4.07. The molecule has 1 aromatic carbocycles. The van der Waals surface area contributed by atoms with Gasteiger partial charge in [0.25, 0.3) is 0 Å². The maximum Gasteiger partial charge on any atom is 0.118 e. The van der Waals surface area contributed by atoms with Crippen molar-refractivity contribution in [3.63, 3.8) is 0 Å². The summed E-state index contributed by atoms with van der Waals surface area (Å²) in [6.07, 6.45) is 4.61. The monoisotopic (exact) mass is 270 g/mol. The van der Waals surface area contributed by atoms with Crippen LogP contribution in [-0.4, -0.2) is 18.1 Å². The van der Waals surface area contributed by atoms with Crippen molar-refractivity contribution in [2.45, 2.75) is 32.2 Å². The largest absolute Gasteiger partial charge is 0.497 e. The molecule has 3 heteroatoms. The highest BCUT2D eigenvalue weighted by Gasteiger charge is 2.07. The summed E-state index contributed by atoms with van der Waals surface area (Å²) in [5.74, 6) is 0.891. The van der Waals surface area contributed by atoms with Crippen molar-refractivity contribution in [1.82, 2.24) is 4.98 Å². The molecule has 20 heavy (non-hydrogen) atoms. The van der Waals surface area contributed by atoms with Crippen LogP contribution in [0.25, 0.3) is 0 Å². The Labute approximate surface area is 120 Å². The number of aromatic nitrogens is 1. The zero-order valence-corrected chi connectivity index (χ0v) is 12.2. The Morgan fingerprint density at radius 1 is 1.20 bits per heavy atom. The van der Waals surface area contributed by atoms with E-state index < -0.39 is 0 Å². The fourth-order valence-electron chi connectivity index (χ4n) is 2.23. The van der Waals surface area contributed by atoms with Crippen molar-refractivity contribution in [2.75, 3.05) is 7.11 Å². The van der Waals surface area contributed by atoms with Gasteiger partial charge in [0, 0.05) is 24.4 Å². The van der Waals surface area contributed by atoms with Gasteiger partial charge in [-0.1, -0.05) is 18.2 Å². The van der Waals surface area contributed by atoms with Gasteiger partial charge in [-0.2, -0.15) is 0 Å². The zero-order valence-electron chi connectivity index (χ0n) is 12.2. The van der Waals surface area contributed by atoms with Crippen LogP contribution in [-0.2, 0) is 12.8 Å². The Bertz CT molecular complexity index is 537. The summed E-state index contributed by atoms with van der Waals surface area (Å²) >= 11 is 0. The second-order valence-electron chi connectivity index (χ2n) is 5.12. The Balaban J connectivity index is 1.85. The van der Waals surface area contributed by atoms with Crippen molar-refractivity contribution in [2.24, 2.45) is 5.73 Å². The normalized spacial score (nSPS) is 12.2. The van der Waals surface area contributed by atoms with Gasteiger partial charge in [0.1, 0.15) is 5.75 Å². The first kappa shape index (κ1) is 14.5. The van der Waals surface area contributed by atoms with Crippen molar-refractivity contribution in [1.29, 1.82) is 0 Å². The van der Waals surface area contributed by atoms with E-state index in [1.54, 1.807) is 7.11 Å². The van der Waals surface area contributed by atoms with Crippen LogP contribution < -0.4 is 10.5 Å². The number of nitrogens with two attached hydrogens (primary N) is 1. The third-order valence-electron chi connectivity index (χ3n) is 3.54. The molecule has 1 atom stereocenters. The standard InChI is InChI=1S/C17H22N2O/c1-13-4-3-11-19-17(13)12-15(18)8-5-14-6-9-16(20-2)10-7-14/h3-4,6-7,9-11,15H,5,8,12,18H2,1-2H3. The van der Waals surface area contributed by atoms with Crippen molar-refractivity contribution >= 4 is 0 Å². The van der Waals surface area contributed by atoms with E-state index in [0.29, 0.717) is 0 Å². The number of pyridine rings is 1. The zero-order chi connectivity index (χ0) is 14.4. The van der Waals surface area contributed by atoms with E-state index in [9.17, 15) is 0 Å². The molecule has 0 bridgehead atoms. The lowest BCUT2D eigenvalue weighted by atomic mass is 10.0. The fourth-order valence-corrected chi connectivity index (χ4v) is 2.23. The minimum atomic E-state index is 0.144. The molecule has 1 unspecified atom stereocenters. The summed E-state index contributed by atoms with van der Waals surface area (Å²) in [7, 11) is 1.68. The van der Waals surface area contributed by atoms with Crippen LogP contribution in [0, 0.1) is 6.92 Å². The number of methoxy groups -OCH3 is 1. The van der Waals surface area contributed by atoms with Gasteiger partial charge in [-0.25, -0.2) is 0 Å². The summed E-state index contributed by atoms with van der Waals surface area (Å²) in [6.45, 7) is 2.08. The average molecular weight is 270 g/mol. The third-order valence-corrected chi connectivity index (χ3v) is 3.54. The highest BCUT2D eigenvalue weighted by molar-refractivity contribution is 5.27. The topological polar surface area (TPSA) is 48.1 Å². The van der Waals surface area contributed by atoms with Crippen molar-refractivity contribution in [3.05, 3.63) is 59.4 Å². The van der Waals surface area contributed by atoms with E-state index in [4.69, 9.17) is 10.5 Å². The van der Waals surface area contributed by atoms with Gasteiger partial charge in [-0.05, 0) is 49.1 Å². The molecule has 2 rings (SSSR count). The van der Waals surface area contributed by atoms with Crippen LogP contribution in [0.1, 0.15) is 23.2 Å². The van der Waals surface area contributed by atoms with Gasteiger partial charge >= 0.3 is 0 Å². The van der Waals surface area contributed by atoms with Crippen molar-refractivity contribution in [3.8, 4) is 5.75 Å². The van der Waals surface area contributed by atoms with Gasteiger partial charge in [0.05, 0.1) is 7.11 Å². The van der Waals surface area contributed by atoms with Gasteiger partial charge in [0.15, 0.2) is 0 Å². The molecule has 0 saturated heterocycles. The number of rotatable bonds is 6. The molecule has 106 valence electrons. The first-order valence-corrected chi connectivity index (χ1v) is 6.98. The highest BCUT2D eigenvalue weighted by Crippen LogP contribution is 2.14. The molecule has 1 heterocycles. The molecular weight excluding hydrogens is 248 g/mol. The summed E-state index contributed by atoms with van der Waals surface area (Å²) in [5, 5.41) is 0. The summed E-state index contributed by atoms with van der Waals surface area (Å²) in [4.78, 5) is 4.40. The summed E-state index contributed by atoms with van der Waals surface area (Å²) in [5.41, 5.74) is 9.83. The van der Waals surface area contributed by atoms with E-state index in [0.717, 1.165) is 30.7 Å². The van der Waals surface area contributed by atoms with E-state index in [1.165, 1.54) is 11.1 Å². The molecule has 2 aromatic rings. The second kappa shape index (κ2) is 7.06. The minimum absolute atomic E-state index is 0.144. The van der Waals surface area contributed by atoms with Gasteiger partial charge in [-0.15, -0.1) is 0 Å². The van der Waals surface area contributed by atoms with Crippen molar-refractivity contribution < 1.29 is 4.74 Å². The second-order valence-corrected chi connectivity index (χ2v) is 5.12. The summed E-state index contributed by atoms with van der Waals surface area (Å²) < 4.78 is 5.15. The van der Waals surface area contributed by atoms with Crippen LogP contribution in [0.3, 0.4) is 0 Å². The molecule has 0 aliphatic heterocycles. The maximum atomic E-state index is 6.21. The number of hydrogen-bond donors (Lipinski definition) is 1. The molecule has 2 N–H and O–H groups in total. The number of nitrogens with zero attached hydrogens (tertiary/aromatic N) is 1. The van der Waals surface area contributed by atoms with Crippen LogP contribution >= 0.6 is 0 Å². The Hall–Kier alpha value is -1.87. The molecule has 0 aliphatic rings. The summed E-state index contributed by atoms with van der Waals surface area (Å²) in [6, 6.07) is 12.4. The lowest BCUT2D eigenvalue weighted by Gasteiger charge is -2.12. The first-order valence-electron chi connectivity index (χ1n) is 6.98. The SMILES string of the molecule is COc1ccc(CCC(N)Cc2ncccc2C)cc1. The van der Waals surface area contributed by atoms with Crippen LogP contribution in [0.15, 0.2) is 42.6 Å². The maximum absolute atomic E-state index is 6.21. The smallest absolute Gasteiger partial charge is 0.118 e. The first-order chi connectivity index (χ1) is 9.69. The molecular formula is C17H22N2O.